The molecule has 0 unspecified atom stereocenters. The van der Waals surface area contributed by atoms with Gasteiger partial charge in [0.15, 0.2) is 6.29 Å². The van der Waals surface area contributed by atoms with Crippen molar-refractivity contribution in [1.29, 1.82) is 0 Å². The van der Waals surface area contributed by atoms with Crippen LogP contribution in [-0.2, 0) is 23.9 Å². The van der Waals surface area contributed by atoms with Crippen molar-refractivity contribution in [3.63, 3.8) is 0 Å². The van der Waals surface area contributed by atoms with E-state index in [1.54, 1.807) is 44.2 Å². The van der Waals surface area contributed by atoms with Gasteiger partial charge in [0.1, 0.15) is 47.9 Å². The molecule has 1 aromatic carbocycles. The molecule has 0 spiro atoms. The molecule has 3 saturated heterocycles. The minimum Gasteiger partial charge on any atom is -0.480 e. The van der Waals surface area contributed by atoms with Crippen molar-refractivity contribution in [2.45, 2.75) is 72.8 Å². The van der Waals surface area contributed by atoms with Crippen LogP contribution in [0.5, 0.6) is 0 Å². The Labute approximate surface area is 223 Å². The molecule has 0 aliphatic carbocycles. The van der Waals surface area contributed by atoms with Crippen molar-refractivity contribution < 1.29 is 49.4 Å². The molecule has 7 N–H and O–H groups in total. The fourth-order valence-corrected chi connectivity index (χ4v) is 6.60. The van der Waals surface area contributed by atoms with Gasteiger partial charge < -0.3 is 45.2 Å². The number of fused-ring (bicyclic) bond motifs is 1. The van der Waals surface area contributed by atoms with Gasteiger partial charge in [0.25, 0.3) is 0 Å². The van der Waals surface area contributed by atoms with Crippen LogP contribution in [0.2, 0.25) is 0 Å². The number of carboxylic acids is 1. The highest BCUT2D eigenvalue weighted by Gasteiger charge is 2.64. The van der Waals surface area contributed by atoms with Gasteiger partial charge >= 0.3 is 5.97 Å². The Morgan fingerprint density at radius 2 is 1.84 bits per heavy atom. The summed E-state index contributed by atoms with van der Waals surface area (Å²) in [4.78, 5) is 39.2. The third-order valence-corrected chi connectivity index (χ3v) is 8.52. The number of aliphatic carboxylic acids is 1. The van der Waals surface area contributed by atoms with Gasteiger partial charge in [-0.05, 0) is 19.4 Å². The first kappa shape index (κ1) is 28.7. The molecule has 38 heavy (non-hydrogen) atoms. The first-order valence-electron chi connectivity index (χ1n) is 12.2. The lowest BCUT2D eigenvalue weighted by Crippen LogP contribution is -2.71. The number of carbonyl (C=O) groups is 3. The Balaban J connectivity index is 1.37. The second kappa shape index (κ2) is 11.4. The highest BCUT2D eigenvalue weighted by atomic mass is 32.2. The van der Waals surface area contributed by atoms with Gasteiger partial charge in [0.2, 0.25) is 11.8 Å². The minimum absolute atomic E-state index is 0.0671. The van der Waals surface area contributed by atoms with E-state index < -0.39 is 83.3 Å². The summed E-state index contributed by atoms with van der Waals surface area (Å²) in [6.45, 7) is 2.96. The summed E-state index contributed by atoms with van der Waals surface area (Å²) in [6.07, 6.45) is -7.02. The van der Waals surface area contributed by atoms with Crippen LogP contribution in [-0.4, -0.2) is 121 Å². The Hall–Kier alpha value is -2.30. The fourth-order valence-electron chi connectivity index (χ4n) is 4.97. The predicted molar refractivity (Wildman–Crippen MR) is 133 cm³/mol. The zero-order chi connectivity index (χ0) is 27.8. The van der Waals surface area contributed by atoms with E-state index in [2.05, 4.69) is 10.6 Å². The van der Waals surface area contributed by atoms with Crippen molar-refractivity contribution in [3.05, 3.63) is 35.9 Å². The smallest absolute Gasteiger partial charge is 0.327 e. The number of rotatable bonds is 10. The summed E-state index contributed by atoms with van der Waals surface area (Å²) in [5.41, 5.74) is 0.615. The van der Waals surface area contributed by atoms with Gasteiger partial charge in [-0.2, -0.15) is 0 Å². The van der Waals surface area contributed by atoms with Crippen LogP contribution in [0.1, 0.15) is 25.5 Å². The summed E-state index contributed by atoms with van der Waals surface area (Å²) >= 11 is 1.33. The van der Waals surface area contributed by atoms with E-state index in [1.165, 1.54) is 16.7 Å². The van der Waals surface area contributed by atoms with E-state index in [0.29, 0.717) is 5.56 Å². The number of aliphatic hydroxyl groups excluding tert-OH is 4. The Bertz CT molecular complexity index is 1030. The number of aliphatic hydroxyl groups is 4. The summed E-state index contributed by atoms with van der Waals surface area (Å²) in [6, 6.07) is 6.03. The molecule has 0 bridgehead atoms. The third kappa shape index (κ3) is 5.40. The average Bonchev–Trinajstić information content (AvgIpc) is 3.15. The molecule has 3 heterocycles. The molecule has 1 aromatic rings. The van der Waals surface area contributed by atoms with Gasteiger partial charge in [-0.3, -0.25) is 14.9 Å². The normalized spacial score (nSPS) is 34.8. The van der Waals surface area contributed by atoms with E-state index >= 15 is 0 Å². The number of β-lactam (4-membered cyclic amide) rings is 1. The number of benzene rings is 1. The maximum atomic E-state index is 13.3. The molecule has 4 rings (SSSR count). The van der Waals surface area contributed by atoms with E-state index in [4.69, 9.17) is 9.47 Å². The van der Waals surface area contributed by atoms with Crippen molar-refractivity contribution in [2.75, 3.05) is 19.8 Å². The van der Waals surface area contributed by atoms with E-state index in [0.717, 1.165) is 0 Å². The number of thioether (sulfide) groups is 1. The third-order valence-electron chi connectivity index (χ3n) is 6.95. The topological polar surface area (TPSA) is 198 Å². The van der Waals surface area contributed by atoms with Gasteiger partial charge in [-0.25, -0.2) is 4.79 Å². The number of carbonyl (C=O) groups excluding carboxylic acids is 2. The van der Waals surface area contributed by atoms with Crippen molar-refractivity contribution in [3.8, 4) is 0 Å². The molecule has 14 heteroatoms. The monoisotopic (exact) mass is 555 g/mol. The van der Waals surface area contributed by atoms with Crippen LogP contribution in [0, 0.1) is 0 Å². The van der Waals surface area contributed by atoms with Gasteiger partial charge in [-0.1, -0.05) is 30.3 Å². The van der Waals surface area contributed by atoms with Crippen LogP contribution < -0.4 is 10.6 Å². The average molecular weight is 556 g/mol. The second-order valence-corrected chi connectivity index (χ2v) is 11.7. The Morgan fingerprint density at radius 3 is 2.47 bits per heavy atom. The van der Waals surface area contributed by atoms with Crippen molar-refractivity contribution >= 4 is 29.5 Å². The summed E-state index contributed by atoms with van der Waals surface area (Å²) in [5, 5.41) is 54.1. The summed E-state index contributed by atoms with van der Waals surface area (Å²) < 4.78 is 10.1. The molecule has 3 aliphatic rings. The molecule has 0 radical (unpaired) electrons. The standard InChI is InChI=1S/C24H33N3O10S/c1-24(2)18(22(34)35)27-20(33)14(21(27)38-24)26-19(32)13(11-6-4-3-5-7-11)25-8-9-36-23-17(31)16(30)15(29)12(10-28)37-23/h3-7,12-18,21,23,25,28-31H,8-10H2,1-2H3,(H,26,32)(H,34,35)/t12-,13-,14-,15-,16+,17+,18+,21-,23+/m1/s1. The summed E-state index contributed by atoms with van der Waals surface area (Å²) in [7, 11) is 0. The van der Waals surface area contributed by atoms with Crippen molar-refractivity contribution in [1.82, 2.24) is 15.5 Å². The molecular formula is C24H33N3O10S. The lowest BCUT2D eigenvalue weighted by Gasteiger charge is -2.44. The molecule has 3 fully saturated rings. The van der Waals surface area contributed by atoms with Gasteiger partial charge in [0, 0.05) is 11.3 Å². The fraction of sp³-hybridized carbons (Fsp3) is 0.625. The number of ether oxygens (including phenoxy) is 2. The first-order valence-corrected chi connectivity index (χ1v) is 13.1. The largest absolute Gasteiger partial charge is 0.480 e. The molecule has 13 nitrogen and oxygen atoms in total. The maximum Gasteiger partial charge on any atom is 0.327 e. The zero-order valence-corrected chi connectivity index (χ0v) is 21.7. The highest BCUT2D eigenvalue weighted by Crippen LogP contribution is 2.50. The molecule has 210 valence electrons. The van der Waals surface area contributed by atoms with Crippen LogP contribution in [0.3, 0.4) is 0 Å². The van der Waals surface area contributed by atoms with E-state index in [1.807, 2.05) is 0 Å². The van der Waals surface area contributed by atoms with Crippen LogP contribution in [0.15, 0.2) is 30.3 Å². The zero-order valence-electron chi connectivity index (χ0n) is 20.8. The number of amides is 2. The first-order chi connectivity index (χ1) is 18.0. The number of nitrogens with zero attached hydrogens (tertiary/aromatic N) is 1. The number of hydrogen-bond donors (Lipinski definition) is 7. The summed E-state index contributed by atoms with van der Waals surface area (Å²) in [5.74, 6) is -2.03. The van der Waals surface area contributed by atoms with Gasteiger partial charge in [-0.15, -0.1) is 11.8 Å². The molecule has 0 aromatic heterocycles. The Morgan fingerprint density at radius 1 is 1.16 bits per heavy atom. The lowest BCUT2D eigenvalue weighted by atomic mass is 9.95. The molecular weight excluding hydrogens is 522 g/mol. The number of carboxylic acid groups (broad SMARTS) is 1. The van der Waals surface area contributed by atoms with Crippen LogP contribution in [0.25, 0.3) is 0 Å². The van der Waals surface area contributed by atoms with Crippen LogP contribution >= 0.6 is 11.8 Å². The highest BCUT2D eigenvalue weighted by molar-refractivity contribution is 8.01. The van der Waals surface area contributed by atoms with Crippen LogP contribution in [0.4, 0.5) is 0 Å². The van der Waals surface area contributed by atoms with E-state index in [9.17, 15) is 39.9 Å². The minimum atomic E-state index is -1.57. The van der Waals surface area contributed by atoms with Crippen molar-refractivity contribution in [2.24, 2.45) is 0 Å². The Kier molecular flexibility index (Phi) is 8.64. The van der Waals surface area contributed by atoms with Gasteiger partial charge in [0.05, 0.1) is 13.2 Å². The second-order valence-electron chi connectivity index (χ2n) is 9.95. The molecule has 9 atom stereocenters. The number of nitrogens with one attached hydrogen (secondary N) is 2. The predicted octanol–water partition coefficient (Wildman–Crippen LogP) is -2.23. The number of hydrogen-bond acceptors (Lipinski definition) is 11. The lowest BCUT2D eigenvalue weighted by molar-refractivity contribution is -0.300. The SMILES string of the molecule is CC1(C)S[C@@H]2[C@H](NC(=O)[C@H](NCCO[C@H]3O[C@H](CO)[C@@H](O)[C@H](O)[C@@H]3O)c3ccccc3)C(=O)N2[C@H]1C(=O)O. The quantitative estimate of drug-likeness (QED) is 0.121. The molecule has 2 amide bonds. The van der Waals surface area contributed by atoms with E-state index in [-0.39, 0.29) is 13.2 Å². The molecule has 3 aliphatic heterocycles. The molecule has 0 saturated carbocycles. The maximum absolute atomic E-state index is 13.3.